The minimum Gasteiger partial charge on any atom is -0.316 e. The molecule has 1 heterocycles. The summed E-state index contributed by atoms with van der Waals surface area (Å²) in [6.07, 6.45) is 11.7. The monoisotopic (exact) mass is 389 g/mol. The van der Waals surface area contributed by atoms with Crippen molar-refractivity contribution in [3.8, 4) is 0 Å². The largest absolute Gasteiger partial charge is 0.316 e. The highest BCUT2D eigenvalue weighted by atomic mass is 32.2. The second kappa shape index (κ2) is 6.76. The molecule has 1 unspecified atom stereocenters. The minimum atomic E-state index is 0.0343. The molecular weight excluding hydrogens is 350 g/mol. The average molecular weight is 390 g/mol. The number of rotatable bonds is 2. The van der Waals surface area contributed by atoms with Gasteiger partial charge >= 0.3 is 0 Å². The van der Waals surface area contributed by atoms with Gasteiger partial charge in [0, 0.05) is 28.9 Å². The first-order valence-corrected chi connectivity index (χ1v) is 12.8. The maximum atomic E-state index is 12.6. The van der Waals surface area contributed by atoms with Crippen LogP contribution in [0.2, 0.25) is 0 Å². The lowest BCUT2D eigenvalue weighted by molar-refractivity contribution is -0.144. The smallest absolute Gasteiger partial charge is 0.139 e. The van der Waals surface area contributed by atoms with Crippen LogP contribution >= 0.6 is 11.8 Å². The van der Waals surface area contributed by atoms with Gasteiger partial charge < -0.3 is 5.32 Å². The second-order valence-electron chi connectivity index (χ2n) is 11.3. The molecule has 4 saturated carbocycles. The van der Waals surface area contributed by atoms with Crippen molar-refractivity contribution in [1.82, 2.24) is 5.32 Å². The molecule has 0 amide bonds. The normalized spacial score (nSPS) is 55.1. The summed E-state index contributed by atoms with van der Waals surface area (Å²) in [5.74, 6) is 4.77. The van der Waals surface area contributed by atoms with Crippen LogP contribution in [0.4, 0.5) is 0 Å². The molecule has 1 N–H and O–H groups in total. The number of fused-ring (bicyclic) bond motifs is 5. The second-order valence-corrected chi connectivity index (χ2v) is 12.9. The number of carbonyl (C=O) groups is 1. The minimum absolute atomic E-state index is 0.0343. The molecule has 4 aliphatic carbocycles. The molecular formula is C24H39NOS. The number of Topliss-reactive ketones (excluding diaryl/α,β-unsaturated/α-hetero) is 1. The van der Waals surface area contributed by atoms with Crippen LogP contribution in [0.5, 0.6) is 0 Å². The Morgan fingerprint density at radius 3 is 2.59 bits per heavy atom. The predicted octanol–water partition coefficient (Wildman–Crippen LogP) is 5.31. The molecule has 0 aromatic rings. The van der Waals surface area contributed by atoms with Crippen molar-refractivity contribution in [3.05, 3.63) is 0 Å². The third-order valence-corrected chi connectivity index (χ3v) is 11.7. The van der Waals surface area contributed by atoms with Gasteiger partial charge in [0.05, 0.1) is 0 Å². The number of hydrogen-bond acceptors (Lipinski definition) is 3. The summed E-state index contributed by atoms with van der Waals surface area (Å²) in [5.41, 5.74) is 0.576. The lowest BCUT2D eigenvalue weighted by Crippen LogP contribution is -2.56. The average Bonchev–Trinajstić information content (AvgIpc) is 3.25. The first-order valence-electron chi connectivity index (χ1n) is 11.8. The summed E-state index contributed by atoms with van der Waals surface area (Å²) in [6, 6.07) is 0. The third-order valence-electron chi connectivity index (χ3n) is 10.1. The highest BCUT2D eigenvalue weighted by Crippen LogP contribution is 2.67. The molecule has 0 radical (unpaired) electrons. The fourth-order valence-electron chi connectivity index (χ4n) is 8.61. The predicted molar refractivity (Wildman–Crippen MR) is 114 cm³/mol. The fraction of sp³-hybridized carbons (Fsp3) is 0.958. The lowest BCUT2D eigenvalue weighted by Gasteiger charge is -2.62. The summed E-state index contributed by atoms with van der Waals surface area (Å²) in [6.45, 7) is 10.0. The van der Waals surface area contributed by atoms with Gasteiger partial charge in [0.2, 0.25) is 0 Å². The van der Waals surface area contributed by atoms with Gasteiger partial charge in [0.25, 0.3) is 0 Å². The maximum Gasteiger partial charge on any atom is 0.139 e. The van der Waals surface area contributed by atoms with Crippen LogP contribution in [-0.4, -0.2) is 29.4 Å². The van der Waals surface area contributed by atoms with E-state index in [4.69, 9.17) is 0 Å². The number of hydrogen-bond donors (Lipinski definition) is 1. The summed E-state index contributed by atoms with van der Waals surface area (Å²) >= 11 is 2.32. The molecule has 0 spiro atoms. The summed E-state index contributed by atoms with van der Waals surface area (Å²) in [7, 11) is 0. The van der Waals surface area contributed by atoms with E-state index in [0.29, 0.717) is 17.1 Å². The van der Waals surface area contributed by atoms with Crippen molar-refractivity contribution >= 4 is 17.5 Å². The van der Waals surface area contributed by atoms with Crippen molar-refractivity contribution in [3.63, 3.8) is 0 Å². The molecule has 27 heavy (non-hydrogen) atoms. The lowest BCUT2D eigenvalue weighted by atomic mass is 9.43. The Kier molecular flexibility index (Phi) is 4.75. The Morgan fingerprint density at radius 2 is 1.81 bits per heavy atom. The third kappa shape index (κ3) is 2.88. The Labute approximate surface area is 170 Å². The van der Waals surface area contributed by atoms with Gasteiger partial charge in [0.1, 0.15) is 5.78 Å². The Morgan fingerprint density at radius 1 is 0.963 bits per heavy atom. The summed E-state index contributed by atoms with van der Waals surface area (Å²) in [5, 5.41) is 5.32. The van der Waals surface area contributed by atoms with Crippen LogP contribution in [0.1, 0.15) is 78.6 Å². The quantitative estimate of drug-likeness (QED) is 0.694. The molecule has 2 nitrogen and oxygen atoms in total. The summed E-state index contributed by atoms with van der Waals surface area (Å²) in [4.78, 5) is 12.6. The number of thioether (sulfide) groups is 1. The van der Waals surface area contributed by atoms with Gasteiger partial charge in [-0.1, -0.05) is 20.8 Å². The molecule has 3 heteroatoms. The van der Waals surface area contributed by atoms with Gasteiger partial charge in [-0.3, -0.25) is 4.79 Å². The zero-order valence-electron chi connectivity index (χ0n) is 17.6. The van der Waals surface area contributed by atoms with E-state index in [0.717, 1.165) is 40.6 Å². The van der Waals surface area contributed by atoms with Gasteiger partial charge in [-0.25, -0.2) is 0 Å². The molecule has 152 valence electrons. The fourth-order valence-corrected chi connectivity index (χ4v) is 10.2. The van der Waals surface area contributed by atoms with Crippen LogP contribution in [-0.2, 0) is 4.79 Å². The van der Waals surface area contributed by atoms with Crippen molar-refractivity contribution in [2.24, 2.45) is 40.4 Å². The number of ketones is 1. The van der Waals surface area contributed by atoms with Crippen molar-refractivity contribution in [1.29, 1.82) is 0 Å². The molecule has 0 aromatic carbocycles. The molecule has 5 fully saturated rings. The van der Waals surface area contributed by atoms with Gasteiger partial charge in [-0.05, 0) is 92.9 Å². The van der Waals surface area contributed by atoms with Gasteiger partial charge in [-0.15, -0.1) is 0 Å². The van der Waals surface area contributed by atoms with Crippen LogP contribution in [0.15, 0.2) is 0 Å². The molecule has 0 aromatic heterocycles. The first-order chi connectivity index (χ1) is 12.9. The first kappa shape index (κ1) is 19.0. The van der Waals surface area contributed by atoms with E-state index in [1.165, 1.54) is 64.5 Å². The zero-order valence-corrected chi connectivity index (χ0v) is 18.5. The SMILES string of the molecule is C[C@H]1C[C@@H]2[C@H](CC[C@]3(C)C(=O)CC[C@@H]23)[C@@]2(C)CC[C@@H](S[C@@H]3CCNC3)CC12. The Hall–Kier alpha value is -0.0200. The summed E-state index contributed by atoms with van der Waals surface area (Å²) < 4.78 is 0. The van der Waals surface area contributed by atoms with E-state index in [1.54, 1.807) is 0 Å². The molecule has 5 rings (SSSR count). The highest BCUT2D eigenvalue weighted by Gasteiger charge is 2.61. The van der Waals surface area contributed by atoms with E-state index >= 15 is 0 Å². The molecule has 9 atom stereocenters. The van der Waals surface area contributed by atoms with E-state index in [-0.39, 0.29) is 5.41 Å². The van der Waals surface area contributed by atoms with Crippen LogP contribution < -0.4 is 5.32 Å². The van der Waals surface area contributed by atoms with E-state index in [2.05, 4.69) is 37.8 Å². The van der Waals surface area contributed by atoms with Crippen molar-refractivity contribution in [2.45, 2.75) is 89.1 Å². The van der Waals surface area contributed by atoms with E-state index in [1.807, 2.05) is 0 Å². The number of carbonyl (C=O) groups excluding carboxylic acids is 1. The van der Waals surface area contributed by atoms with Gasteiger partial charge in [0.15, 0.2) is 0 Å². The van der Waals surface area contributed by atoms with E-state index in [9.17, 15) is 4.79 Å². The van der Waals surface area contributed by atoms with Crippen LogP contribution in [0, 0.1) is 40.4 Å². The topological polar surface area (TPSA) is 29.1 Å². The van der Waals surface area contributed by atoms with Crippen LogP contribution in [0.25, 0.3) is 0 Å². The molecule has 1 aliphatic heterocycles. The standard InChI is InChI=1S/C24H39NOS/c1-15-12-18-19-4-5-22(26)24(19,3)10-7-20(18)23(2)9-6-16(13-21(15)23)27-17-8-11-25-14-17/h15-21,25H,4-14H2,1-3H3/t15-,16+,17+,18-,19-,20-,21?,23+,24-/m0/s1. The maximum absolute atomic E-state index is 12.6. The number of nitrogens with one attached hydrogen (secondary N) is 1. The molecule has 0 bridgehead atoms. The van der Waals surface area contributed by atoms with Crippen LogP contribution in [0.3, 0.4) is 0 Å². The van der Waals surface area contributed by atoms with E-state index < -0.39 is 0 Å². The Balaban J connectivity index is 1.35. The van der Waals surface area contributed by atoms with Crippen molar-refractivity contribution < 1.29 is 4.79 Å². The Bertz CT molecular complexity index is 601. The zero-order chi connectivity index (χ0) is 18.8. The van der Waals surface area contributed by atoms with Crippen molar-refractivity contribution in [2.75, 3.05) is 13.1 Å². The van der Waals surface area contributed by atoms with Gasteiger partial charge in [-0.2, -0.15) is 11.8 Å². The molecule has 5 aliphatic rings. The highest BCUT2D eigenvalue weighted by molar-refractivity contribution is 8.00. The molecule has 1 saturated heterocycles.